The standard InChI is InChI=1S/C62H40N2/c1-2-19-47(20-3-1)64-60-28-13-12-27-57(60)61-59(40-45-17-6-9-24-54(45)62(61)64)43-18-14-21-49(37-43)63(50-35-36-53-46(38-50)30-29-41-15-4-7-22-51(41)53)48-33-31-42(32-34-48)58-39-44-16-5-8-23-52(44)55-25-10-11-26-56(55)58/h1-40H. The molecule has 1 aromatic heterocycles. The van der Waals surface area contributed by atoms with Gasteiger partial charge in [0.25, 0.3) is 0 Å². The minimum absolute atomic E-state index is 1.09. The second-order valence-electron chi connectivity index (χ2n) is 16.9. The number of aromatic nitrogens is 1. The predicted octanol–water partition coefficient (Wildman–Crippen LogP) is 17.4. The summed E-state index contributed by atoms with van der Waals surface area (Å²) in [6.45, 7) is 0. The van der Waals surface area contributed by atoms with Crippen LogP contribution < -0.4 is 4.90 Å². The van der Waals surface area contributed by atoms with Crippen LogP contribution in [0.25, 0.3) is 104 Å². The average molecular weight is 813 g/mol. The van der Waals surface area contributed by atoms with Crippen LogP contribution in [-0.2, 0) is 0 Å². The van der Waals surface area contributed by atoms with Crippen molar-refractivity contribution in [3.63, 3.8) is 0 Å². The maximum absolute atomic E-state index is 2.45. The summed E-state index contributed by atoms with van der Waals surface area (Å²) in [4.78, 5) is 2.42. The van der Waals surface area contributed by atoms with Crippen LogP contribution in [0.2, 0.25) is 0 Å². The van der Waals surface area contributed by atoms with Crippen LogP contribution in [0.3, 0.4) is 0 Å². The molecular formula is C62H40N2. The summed E-state index contributed by atoms with van der Waals surface area (Å²) in [5.74, 6) is 0. The van der Waals surface area contributed by atoms with Gasteiger partial charge in [-0.25, -0.2) is 0 Å². The molecule has 1 heterocycles. The van der Waals surface area contributed by atoms with E-state index >= 15 is 0 Å². The van der Waals surface area contributed by atoms with Crippen LogP contribution in [0.15, 0.2) is 243 Å². The Labute approximate surface area is 371 Å². The minimum atomic E-state index is 1.09. The maximum atomic E-state index is 2.45. The lowest BCUT2D eigenvalue weighted by atomic mass is 9.93. The second-order valence-corrected chi connectivity index (χ2v) is 16.9. The molecule has 0 saturated heterocycles. The maximum Gasteiger partial charge on any atom is 0.0625 e. The number of rotatable bonds is 6. The van der Waals surface area contributed by atoms with E-state index < -0.39 is 0 Å². The van der Waals surface area contributed by atoms with Crippen molar-refractivity contribution in [1.82, 2.24) is 4.57 Å². The number of fused-ring (bicyclic) bond motifs is 11. The van der Waals surface area contributed by atoms with E-state index in [1.165, 1.54) is 97.9 Å². The molecule has 13 rings (SSSR count). The first-order valence-corrected chi connectivity index (χ1v) is 22.1. The van der Waals surface area contributed by atoms with Gasteiger partial charge >= 0.3 is 0 Å². The molecule has 64 heavy (non-hydrogen) atoms. The zero-order valence-corrected chi connectivity index (χ0v) is 35.0. The third kappa shape index (κ3) is 5.73. The number of para-hydroxylation sites is 2. The Balaban J connectivity index is 1.02. The Bertz CT molecular complexity index is 3950. The van der Waals surface area contributed by atoms with Gasteiger partial charge in [0.05, 0.1) is 11.0 Å². The van der Waals surface area contributed by atoms with Crippen molar-refractivity contribution in [3.8, 4) is 27.9 Å². The zero-order valence-electron chi connectivity index (χ0n) is 35.0. The average Bonchev–Trinajstić information content (AvgIpc) is 3.72. The number of benzene rings is 12. The first-order valence-electron chi connectivity index (χ1n) is 22.1. The van der Waals surface area contributed by atoms with E-state index in [4.69, 9.17) is 0 Å². The van der Waals surface area contributed by atoms with E-state index in [0.717, 1.165) is 22.7 Å². The summed E-state index contributed by atoms with van der Waals surface area (Å²) in [6, 6.07) is 89.1. The molecule has 0 fully saturated rings. The minimum Gasteiger partial charge on any atom is -0.310 e. The SMILES string of the molecule is c1ccc(-n2c3ccccc3c3c(-c4cccc(N(c5ccc(-c6cc7ccccc7c7ccccc67)cc5)c5ccc6c(ccc7ccccc76)c5)c4)cc4ccccc4c32)cc1. The molecule has 2 heteroatoms. The van der Waals surface area contributed by atoms with Crippen molar-refractivity contribution in [2.24, 2.45) is 0 Å². The number of hydrogen-bond donors (Lipinski definition) is 0. The monoisotopic (exact) mass is 812 g/mol. The highest BCUT2D eigenvalue weighted by atomic mass is 15.1. The molecule has 0 saturated carbocycles. The van der Waals surface area contributed by atoms with Gasteiger partial charge in [-0.15, -0.1) is 0 Å². The number of hydrogen-bond acceptors (Lipinski definition) is 1. The molecule has 12 aromatic carbocycles. The van der Waals surface area contributed by atoms with Crippen molar-refractivity contribution in [1.29, 1.82) is 0 Å². The van der Waals surface area contributed by atoms with E-state index in [-0.39, 0.29) is 0 Å². The van der Waals surface area contributed by atoms with Crippen molar-refractivity contribution in [2.75, 3.05) is 4.90 Å². The largest absolute Gasteiger partial charge is 0.310 e. The van der Waals surface area contributed by atoms with Gasteiger partial charge in [-0.3, -0.25) is 0 Å². The summed E-state index contributed by atoms with van der Waals surface area (Å²) < 4.78 is 2.45. The highest BCUT2D eigenvalue weighted by Crippen LogP contribution is 2.45. The quantitative estimate of drug-likeness (QED) is 0.152. The molecule has 13 aromatic rings. The zero-order chi connectivity index (χ0) is 42.1. The molecule has 0 aliphatic rings. The van der Waals surface area contributed by atoms with Gasteiger partial charge in [0.15, 0.2) is 0 Å². The van der Waals surface area contributed by atoms with Crippen molar-refractivity contribution >= 4 is 92.7 Å². The third-order valence-electron chi connectivity index (χ3n) is 13.3. The van der Waals surface area contributed by atoms with Crippen LogP contribution >= 0.6 is 0 Å². The third-order valence-corrected chi connectivity index (χ3v) is 13.3. The number of nitrogens with zero attached hydrogens (tertiary/aromatic N) is 2. The molecule has 0 bridgehead atoms. The van der Waals surface area contributed by atoms with Crippen LogP contribution in [0.4, 0.5) is 17.1 Å². The van der Waals surface area contributed by atoms with Gasteiger partial charge in [-0.1, -0.05) is 176 Å². The van der Waals surface area contributed by atoms with E-state index in [1.54, 1.807) is 0 Å². The van der Waals surface area contributed by atoms with E-state index in [0.29, 0.717) is 0 Å². The fraction of sp³-hybridized carbons (Fsp3) is 0. The summed E-state index contributed by atoms with van der Waals surface area (Å²) in [6.07, 6.45) is 0. The van der Waals surface area contributed by atoms with Crippen LogP contribution in [0, 0.1) is 0 Å². The van der Waals surface area contributed by atoms with E-state index in [9.17, 15) is 0 Å². The van der Waals surface area contributed by atoms with Gasteiger partial charge in [-0.05, 0) is 137 Å². The molecule has 298 valence electrons. The molecule has 0 aliphatic carbocycles. The molecule has 2 nitrogen and oxygen atoms in total. The molecular weight excluding hydrogens is 773 g/mol. The summed E-state index contributed by atoms with van der Waals surface area (Å²) >= 11 is 0. The molecule has 0 radical (unpaired) electrons. The van der Waals surface area contributed by atoms with Gasteiger partial charge < -0.3 is 9.47 Å². The van der Waals surface area contributed by atoms with Crippen molar-refractivity contribution in [2.45, 2.75) is 0 Å². The Kier molecular flexibility index (Phi) is 8.25. The highest BCUT2D eigenvalue weighted by Gasteiger charge is 2.21. The van der Waals surface area contributed by atoms with Gasteiger partial charge in [0.2, 0.25) is 0 Å². The summed E-state index contributed by atoms with van der Waals surface area (Å²) in [5.41, 5.74) is 11.7. The van der Waals surface area contributed by atoms with Crippen LogP contribution in [0.1, 0.15) is 0 Å². The fourth-order valence-electron chi connectivity index (χ4n) is 10.4. The molecule has 0 amide bonds. The lowest BCUT2D eigenvalue weighted by Crippen LogP contribution is -2.10. The highest BCUT2D eigenvalue weighted by molar-refractivity contribution is 6.24. The van der Waals surface area contributed by atoms with E-state index in [2.05, 4.69) is 252 Å². The summed E-state index contributed by atoms with van der Waals surface area (Å²) in [5, 5.41) is 15.0. The van der Waals surface area contributed by atoms with Crippen LogP contribution in [-0.4, -0.2) is 4.57 Å². The normalized spacial score (nSPS) is 11.8. The fourth-order valence-corrected chi connectivity index (χ4v) is 10.4. The Morgan fingerprint density at radius 3 is 1.62 bits per heavy atom. The first kappa shape index (κ1) is 36.2. The molecule has 0 N–H and O–H groups in total. The second kappa shape index (κ2) is 14.6. The van der Waals surface area contributed by atoms with Crippen molar-refractivity contribution in [3.05, 3.63) is 243 Å². The Hall–Kier alpha value is -8.46. The van der Waals surface area contributed by atoms with Crippen molar-refractivity contribution < 1.29 is 0 Å². The molecule has 0 spiro atoms. The van der Waals surface area contributed by atoms with E-state index in [1.807, 2.05) is 0 Å². The predicted molar refractivity (Wildman–Crippen MR) is 274 cm³/mol. The first-order chi connectivity index (χ1) is 31.7. The lowest BCUT2D eigenvalue weighted by Gasteiger charge is -2.27. The molecule has 0 unspecified atom stereocenters. The van der Waals surface area contributed by atoms with Gasteiger partial charge in [0, 0.05) is 38.9 Å². The topological polar surface area (TPSA) is 8.17 Å². The summed E-state index contributed by atoms with van der Waals surface area (Å²) in [7, 11) is 0. The molecule has 0 atom stereocenters. The van der Waals surface area contributed by atoms with Gasteiger partial charge in [0.1, 0.15) is 0 Å². The van der Waals surface area contributed by atoms with Gasteiger partial charge in [-0.2, -0.15) is 0 Å². The molecule has 0 aliphatic heterocycles. The smallest absolute Gasteiger partial charge is 0.0625 e. The number of anilines is 3. The lowest BCUT2D eigenvalue weighted by molar-refractivity contribution is 1.19. The van der Waals surface area contributed by atoms with Crippen LogP contribution in [0.5, 0.6) is 0 Å². The Morgan fingerprint density at radius 1 is 0.281 bits per heavy atom. The Morgan fingerprint density at radius 2 is 0.828 bits per heavy atom.